The van der Waals surface area contributed by atoms with Gasteiger partial charge in [-0.1, -0.05) is 85.0 Å². The SMILES string of the molecule is CC(C)(C)C1CCC2C(C1)C([Si](C)(C)Cl)C1CC(C(C)(C)C)CC(c3ccccc3)C21. The summed E-state index contributed by atoms with van der Waals surface area (Å²) in [7, 11) is -1.78. The van der Waals surface area contributed by atoms with Gasteiger partial charge in [0.2, 0.25) is 0 Å². The van der Waals surface area contributed by atoms with Crippen LogP contribution in [0.25, 0.3) is 0 Å². The van der Waals surface area contributed by atoms with Gasteiger partial charge < -0.3 is 0 Å². The van der Waals surface area contributed by atoms with Crippen LogP contribution in [0.5, 0.6) is 0 Å². The summed E-state index contributed by atoms with van der Waals surface area (Å²) in [6.07, 6.45) is 7.08. The lowest BCUT2D eigenvalue weighted by Gasteiger charge is -2.48. The van der Waals surface area contributed by atoms with Crippen LogP contribution in [0.1, 0.15) is 85.1 Å². The van der Waals surface area contributed by atoms with Gasteiger partial charge in [-0.3, -0.25) is 0 Å². The maximum absolute atomic E-state index is 7.44. The molecule has 0 nitrogen and oxygen atoms in total. The van der Waals surface area contributed by atoms with Crippen molar-refractivity contribution in [3.8, 4) is 0 Å². The molecule has 4 rings (SSSR count). The van der Waals surface area contributed by atoms with E-state index in [2.05, 4.69) is 85.0 Å². The summed E-state index contributed by atoms with van der Waals surface area (Å²) in [6, 6.07) is 11.6. The molecule has 174 valence electrons. The number of hydrogen-bond acceptors (Lipinski definition) is 0. The van der Waals surface area contributed by atoms with Gasteiger partial charge in [0.15, 0.2) is 7.38 Å². The van der Waals surface area contributed by atoms with E-state index in [1.165, 1.54) is 32.1 Å². The first-order valence-corrected chi connectivity index (χ1v) is 17.1. The summed E-state index contributed by atoms with van der Waals surface area (Å²) in [5.74, 6) is 5.81. The van der Waals surface area contributed by atoms with Crippen molar-refractivity contribution >= 4 is 18.5 Å². The molecule has 3 saturated carbocycles. The number of benzene rings is 1. The summed E-state index contributed by atoms with van der Waals surface area (Å²) >= 11 is 7.44. The highest BCUT2D eigenvalue weighted by Crippen LogP contribution is 2.69. The van der Waals surface area contributed by atoms with Gasteiger partial charge in [-0.05, 0) is 95.5 Å². The molecule has 8 atom stereocenters. The average Bonchev–Trinajstić information content (AvgIpc) is 3.00. The molecule has 3 aliphatic rings. The Labute approximate surface area is 198 Å². The maximum atomic E-state index is 7.44. The minimum Gasteiger partial charge on any atom is -0.167 e. The fraction of sp³-hybridized carbons (Fsp3) is 0.793. The third-order valence-electron chi connectivity index (χ3n) is 9.90. The molecular formula is C29H47ClSi. The van der Waals surface area contributed by atoms with Gasteiger partial charge in [0.05, 0.1) is 0 Å². The maximum Gasteiger partial charge on any atom is 0.154 e. The lowest BCUT2D eigenvalue weighted by atomic mass is 9.58. The second kappa shape index (κ2) is 8.19. The van der Waals surface area contributed by atoms with Crippen LogP contribution in [0.4, 0.5) is 0 Å². The standard InChI is InChI=1S/C29H47ClSi/c1-28(2,3)20-14-15-22-24(16-20)27(31(7,8)30)25-18-21(29(4,5)6)17-23(26(22)25)19-12-10-9-11-13-19/h9-13,20-27H,14-18H2,1-8H3. The number of hydrogen-bond donors (Lipinski definition) is 0. The van der Waals surface area contributed by atoms with Gasteiger partial charge in [0.1, 0.15) is 0 Å². The highest BCUT2D eigenvalue weighted by molar-refractivity contribution is 7.19. The fourth-order valence-electron chi connectivity index (χ4n) is 8.35. The Kier molecular flexibility index (Phi) is 6.31. The van der Waals surface area contributed by atoms with E-state index in [9.17, 15) is 0 Å². The summed E-state index contributed by atoms with van der Waals surface area (Å²) in [5, 5.41) is 0. The van der Waals surface area contributed by atoms with Crippen LogP contribution >= 0.6 is 11.1 Å². The van der Waals surface area contributed by atoms with Crippen LogP contribution in [0.15, 0.2) is 30.3 Å². The van der Waals surface area contributed by atoms with Crippen molar-refractivity contribution in [1.82, 2.24) is 0 Å². The molecule has 0 heterocycles. The van der Waals surface area contributed by atoms with E-state index in [1.807, 2.05) is 0 Å². The third-order valence-corrected chi connectivity index (χ3v) is 13.1. The molecule has 31 heavy (non-hydrogen) atoms. The first-order chi connectivity index (χ1) is 14.3. The van der Waals surface area contributed by atoms with Crippen LogP contribution in [0.3, 0.4) is 0 Å². The van der Waals surface area contributed by atoms with Gasteiger partial charge in [0.25, 0.3) is 0 Å². The molecular weight excluding hydrogens is 412 g/mol. The summed E-state index contributed by atoms with van der Waals surface area (Å²) < 4.78 is 0. The van der Waals surface area contributed by atoms with Crippen molar-refractivity contribution < 1.29 is 0 Å². The molecule has 3 fully saturated rings. The zero-order valence-corrected chi connectivity index (χ0v) is 23.2. The highest BCUT2D eigenvalue weighted by Gasteiger charge is 2.61. The van der Waals surface area contributed by atoms with E-state index in [0.29, 0.717) is 10.8 Å². The van der Waals surface area contributed by atoms with Gasteiger partial charge in [-0.15, -0.1) is 0 Å². The zero-order chi connectivity index (χ0) is 22.8. The molecule has 0 bridgehead atoms. The molecule has 0 aliphatic heterocycles. The molecule has 0 aromatic heterocycles. The predicted octanol–water partition coefficient (Wildman–Crippen LogP) is 9.37. The largest absolute Gasteiger partial charge is 0.167 e. The Morgan fingerprint density at radius 3 is 1.87 bits per heavy atom. The van der Waals surface area contributed by atoms with Gasteiger partial charge in [-0.2, -0.15) is 11.1 Å². The van der Waals surface area contributed by atoms with Crippen molar-refractivity contribution in [2.45, 2.75) is 98.2 Å². The molecule has 2 heteroatoms. The second-order valence-corrected chi connectivity index (χ2v) is 20.8. The number of rotatable bonds is 2. The van der Waals surface area contributed by atoms with Crippen LogP contribution in [0.2, 0.25) is 18.6 Å². The first kappa shape index (κ1) is 23.9. The summed E-state index contributed by atoms with van der Waals surface area (Å²) in [4.78, 5) is 0. The van der Waals surface area contributed by atoms with Crippen LogP contribution < -0.4 is 0 Å². The molecule has 3 aliphatic carbocycles. The lowest BCUT2D eigenvalue weighted by Crippen LogP contribution is -2.40. The van der Waals surface area contributed by atoms with E-state index in [1.54, 1.807) is 5.56 Å². The van der Waals surface area contributed by atoms with Crippen molar-refractivity contribution in [1.29, 1.82) is 0 Å². The Balaban J connectivity index is 1.77. The van der Waals surface area contributed by atoms with Crippen molar-refractivity contribution in [2.24, 2.45) is 46.3 Å². The number of halogens is 1. The van der Waals surface area contributed by atoms with Crippen LogP contribution in [-0.2, 0) is 0 Å². The van der Waals surface area contributed by atoms with E-state index in [-0.39, 0.29) is 0 Å². The van der Waals surface area contributed by atoms with Crippen molar-refractivity contribution in [3.63, 3.8) is 0 Å². The van der Waals surface area contributed by atoms with Gasteiger partial charge in [-0.25, -0.2) is 0 Å². The molecule has 0 amide bonds. The molecule has 0 saturated heterocycles. The smallest absolute Gasteiger partial charge is 0.154 e. The highest BCUT2D eigenvalue weighted by atomic mass is 35.6. The van der Waals surface area contributed by atoms with Crippen LogP contribution in [-0.4, -0.2) is 7.38 Å². The van der Waals surface area contributed by atoms with Gasteiger partial charge in [0, 0.05) is 0 Å². The topological polar surface area (TPSA) is 0 Å². The van der Waals surface area contributed by atoms with E-state index < -0.39 is 7.38 Å². The molecule has 1 aromatic carbocycles. The Morgan fingerprint density at radius 2 is 1.32 bits per heavy atom. The Bertz CT molecular complexity index is 750. The minimum atomic E-state index is -1.78. The molecule has 0 radical (unpaired) electrons. The minimum absolute atomic E-state index is 0.377. The monoisotopic (exact) mass is 458 g/mol. The number of fused-ring (bicyclic) bond motifs is 3. The molecule has 8 unspecified atom stereocenters. The van der Waals surface area contributed by atoms with Crippen molar-refractivity contribution in [3.05, 3.63) is 35.9 Å². The third kappa shape index (κ3) is 4.57. The molecule has 1 aromatic rings. The summed E-state index contributed by atoms with van der Waals surface area (Å²) in [6.45, 7) is 19.8. The lowest BCUT2D eigenvalue weighted by molar-refractivity contribution is 0.0562. The Hall–Kier alpha value is -0.273. The quantitative estimate of drug-likeness (QED) is 0.305. The fourth-order valence-corrected chi connectivity index (χ4v) is 12.1. The Morgan fingerprint density at radius 1 is 0.742 bits per heavy atom. The first-order valence-electron chi connectivity index (χ1n) is 13.0. The normalized spacial score (nSPS) is 39.1. The molecule has 0 N–H and O–H groups in total. The van der Waals surface area contributed by atoms with Crippen molar-refractivity contribution in [2.75, 3.05) is 0 Å². The van der Waals surface area contributed by atoms with Crippen LogP contribution in [0, 0.1) is 46.3 Å². The zero-order valence-electron chi connectivity index (χ0n) is 21.4. The van der Waals surface area contributed by atoms with E-state index in [0.717, 1.165) is 47.0 Å². The van der Waals surface area contributed by atoms with E-state index >= 15 is 0 Å². The average molecular weight is 459 g/mol. The van der Waals surface area contributed by atoms with Gasteiger partial charge >= 0.3 is 0 Å². The van der Waals surface area contributed by atoms with E-state index in [4.69, 9.17) is 11.1 Å². The summed E-state index contributed by atoms with van der Waals surface area (Å²) in [5.41, 5.74) is 3.19. The molecule has 0 spiro atoms. The predicted molar refractivity (Wildman–Crippen MR) is 139 cm³/mol. The second-order valence-electron chi connectivity index (χ2n) is 14.1.